The lowest BCUT2D eigenvalue weighted by molar-refractivity contribution is 0.157. The molecular formula is C25H31F2N7. The summed E-state index contributed by atoms with van der Waals surface area (Å²) in [7, 11) is 4.19. The second-order valence-corrected chi connectivity index (χ2v) is 9.32. The number of likely N-dealkylation sites (N-methyl/N-ethyl adjacent to an activating group) is 2. The molecule has 2 aliphatic rings. The summed E-state index contributed by atoms with van der Waals surface area (Å²) in [4.78, 5) is 22.9. The first-order chi connectivity index (χ1) is 16.5. The predicted molar refractivity (Wildman–Crippen MR) is 130 cm³/mol. The van der Waals surface area contributed by atoms with Gasteiger partial charge in [0.15, 0.2) is 5.82 Å². The van der Waals surface area contributed by atoms with Crippen LogP contribution in [0.3, 0.4) is 0 Å². The van der Waals surface area contributed by atoms with Gasteiger partial charge in [0.2, 0.25) is 0 Å². The van der Waals surface area contributed by atoms with E-state index in [0.29, 0.717) is 5.56 Å². The van der Waals surface area contributed by atoms with Crippen molar-refractivity contribution in [1.29, 1.82) is 0 Å². The highest BCUT2D eigenvalue weighted by Crippen LogP contribution is 2.37. The van der Waals surface area contributed by atoms with E-state index < -0.39 is 5.82 Å². The highest BCUT2D eigenvalue weighted by Gasteiger charge is 2.30. The van der Waals surface area contributed by atoms with Gasteiger partial charge in [0, 0.05) is 58.4 Å². The van der Waals surface area contributed by atoms with Crippen molar-refractivity contribution < 1.29 is 8.78 Å². The van der Waals surface area contributed by atoms with E-state index in [1.807, 2.05) is 19.2 Å². The Morgan fingerprint density at radius 3 is 2.68 bits per heavy atom. The lowest BCUT2D eigenvalue weighted by Crippen LogP contribution is -2.46. The van der Waals surface area contributed by atoms with Gasteiger partial charge in [-0.05, 0) is 50.2 Å². The molecule has 34 heavy (non-hydrogen) atoms. The van der Waals surface area contributed by atoms with Crippen molar-refractivity contribution in [2.24, 2.45) is 0 Å². The molecule has 4 heterocycles. The average molecular weight is 468 g/mol. The first-order valence-corrected chi connectivity index (χ1v) is 11.9. The van der Waals surface area contributed by atoms with Gasteiger partial charge >= 0.3 is 0 Å². The molecule has 0 spiro atoms. The molecule has 2 aromatic heterocycles. The summed E-state index contributed by atoms with van der Waals surface area (Å²) in [6.45, 7) is 6.86. The number of pyridine rings is 1. The quantitative estimate of drug-likeness (QED) is 0.551. The second-order valence-electron chi connectivity index (χ2n) is 9.32. The molecule has 5 rings (SSSR count). The number of fused-ring (bicyclic) bond motifs is 1. The monoisotopic (exact) mass is 467 g/mol. The van der Waals surface area contributed by atoms with Gasteiger partial charge in [0.05, 0.1) is 11.6 Å². The van der Waals surface area contributed by atoms with Crippen molar-refractivity contribution in [3.8, 4) is 0 Å². The van der Waals surface area contributed by atoms with Crippen LogP contribution in [0.15, 0.2) is 36.7 Å². The fraction of sp³-hybridized carbons (Fsp3) is 0.480. The predicted octanol–water partition coefficient (Wildman–Crippen LogP) is 3.33. The molecule has 0 amide bonds. The van der Waals surface area contributed by atoms with E-state index >= 15 is 0 Å². The number of anilines is 2. The van der Waals surface area contributed by atoms with Gasteiger partial charge in [-0.2, -0.15) is 0 Å². The highest BCUT2D eigenvalue weighted by molar-refractivity contribution is 5.86. The van der Waals surface area contributed by atoms with Crippen LogP contribution < -0.4 is 9.80 Å². The Bertz CT molecular complexity index is 1150. The van der Waals surface area contributed by atoms with Crippen LogP contribution in [0.25, 0.3) is 11.0 Å². The first kappa shape index (κ1) is 22.9. The van der Waals surface area contributed by atoms with Crippen molar-refractivity contribution in [3.63, 3.8) is 0 Å². The maximum atomic E-state index is 14.5. The SMILES string of the molecule is CN1CCN(CCN(C)c2ncnc3ccc(N4CCC[C@@H]4c4cc(F)ccc4F)nc23)CC1. The number of halogens is 2. The molecule has 0 saturated carbocycles. The maximum Gasteiger partial charge on any atom is 0.158 e. The smallest absolute Gasteiger partial charge is 0.158 e. The van der Waals surface area contributed by atoms with Gasteiger partial charge in [-0.25, -0.2) is 23.7 Å². The molecule has 0 aliphatic carbocycles. The largest absolute Gasteiger partial charge is 0.356 e. The molecule has 2 saturated heterocycles. The maximum absolute atomic E-state index is 14.5. The fourth-order valence-corrected chi connectivity index (χ4v) is 4.96. The van der Waals surface area contributed by atoms with E-state index in [0.717, 1.165) is 87.4 Å². The Morgan fingerprint density at radius 1 is 1.03 bits per heavy atom. The molecule has 0 unspecified atom stereocenters. The van der Waals surface area contributed by atoms with Crippen LogP contribution in [0, 0.1) is 11.6 Å². The Morgan fingerprint density at radius 2 is 1.85 bits per heavy atom. The van der Waals surface area contributed by atoms with Gasteiger partial charge in [-0.1, -0.05) is 0 Å². The normalized spacial score (nSPS) is 19.8. The van der Waals surface area contributed by atoms with Crippen LogP contribution in [0.4, 0.5) is 20.4 Å². The molecule has 2 fully saturated rings. The Balaban J connectivity index is 1.39. The van der Waals surface area contributed by atoms with Gasteiger partial charge in [-0.3, -0.25) is 4.90 Å². The molecule has 0 N–H and O–H groups in total. The molecule has 3 aromatic rings. The third kappa shape index (κ3) is 4.67. The summed E-state index contributed by atoms with van der Waals surface area (Å²) in [6.07, 6.45) is 3.22. The molecule has 1 atom stereocenters. The van der Waals surface area contributed by atoms with Crippen LogP contribution >= 0.6 is 0 Å². The van der Waals surface area contributed by atoms with Crippen LogP contribution in [0.2, 0.25) is 0 Å². The van der Waals surface area contributed by atoms with Gasteiger partial charge in [-0.15, -0.1) is 0 Å². The topological polar surface area (TPSA) is 51.6 Å². The second kappa shape index (κ2) is 9.76. The number of piperazine rings is 1. The van der Waals surface area contributed by atoms with Crippen molar-refractivity contribution in [2.45, 2.75) is 18.9 Å². The minimum atomic E-state index is -0.424. The summed E-state index contributed by atoms with van der Waals surface area (Å²) in [6, 6.07) is 7.28. The molecule has 0 bridgehead atoms. The minimum absolute atomic E-state index is 0.247. The van der Waals surface area contributed by atoms with Crippen molar-refractivity contribution in [1.82, 2.24) is 24.8 Å². The fourth-order valence-electron chi connectivity index (χ4n) is 4.96. The number of aromatic nitrogens is 3. The number of benzene rings is 1. The average Bonchev–Trinajstić information content (AvgIpc) is 3.34. The van der Waals surface area contributed by atoms with E-state index in [-0.39, 0.29) is 11.9 Å². The zero-order valence-corrected chi connectivity index (χ0v) is 19.8. The lowest BCUT2D eigenvalue weighted by Gasteiger charge is -2.33. The van der Waals surface area contributed by atoms with E-state index in [4.69, 9.17) is 4.98 Å². The zero-order chi connectivity index (χ0) is 23.7. The molecular weight excluding hydrogens is 436 g/mol. The highest BCUT2D eigenvalue weighted by atomic mass is 19.1. The summed E-state index contributed by atoms with van der Waals surface area (Å²) in [5, 5.41) is 0. The zero-order valence-electron chi connectivity index (χ0n) is 19.8. The number of hydrogen-bond donors (Lipinski definition) is 0. The van der Waals surface area contributed by atoms with Crippen LogP contribution in [-0.2, 0) is 0 Å². The molecule has 1 aromatic carbocycles. The molecule has 9 heteroatoms. The summed E-state index contributed by atoms with van der Waals surface area (Å²) >= 11 is 0. The Kier molecular flexibility index (Phi) is 6.56. The van der Waals surface area contributed by atoms with E-state index in [1.165, 1.54) is 12.1 Å². The van der Waals surface area contributed by atoms with Crippen LogP contribution in [0.5, 0.6) is 0 Å². The molecule has 2 aliphatic heterocycles. The first-order valence-electron chi connectivity index (χ1n) is 11.9. The van der Waals surface area contributed by atoms with Gasteiger partial charge in [0.25, 0.3) is 0 Å². The number of nitrogens with zero attached hydrogens (tertiary/aromatic N) is 7. The van der Waals surface area contributed by atoms with E-state index in [2.05, 4.69) is 36.6 Å². The Labute approximate surface area is 199 Å². The minimum Gasteiger partial charge on any atom is -0.356 e. The molecule has 180 valence electrons. The standard InChI is InChI=1S/C25H31F2N7/c1-31-10-13-33(14-11-31)15-12-32(2)25-24-21(28-17-29-25)7-8-23(30-24)34-9-3-4-22(34)19-16-18(26)5-6-20(19)27/h5-8,16-17,22H,3-4,9-15H2,1-2H3/t22-/m1/s1. The Hall–Kier alpha value is -2.91. The van der Waals surface area contributed by atoms with Gasteiger partial charge < -0.3 is 14.7 Å². The number of rotatable bonds is 6. The van der Waals surface area contributed by atoms with Crippen LogP contribution in [0.1, 0.15) is 24.4 Å². The van der Waals surface area contributed by atoms with Crippen molar-refractivity contribution in [3.05, 3.63) is 53.9 Å². The molecule has 7 nitrogen and oxygen atoms in total. The van der Waals surface area contributed by atoms with Crippen molar-refractivity contribution >= 4 is 22.7 Å². The molecule has 0 radical (unpaired) electrons. The van der Waals surface area contributed by atoms with E-state index in [1.54, 1.807) is 6.33 Å². The lowest BCUT2D eigenvalue weighted by atomic mass is 10.0. The van der Waals surface area contributed by atoms with E-state index in [9.17, 15) is 8.78 Å². The third-order valence-corrected chi connectivity index (χ3v) is 7.02. The van der Waals surface area contributed by atoms with Gasteiger partial charge in [0.1, 0.15) is 29.3 Å². The third-order valence-electron chi connectivity index (χ3n) is 7.02. The van der Waals surface area contributed by atoms with Crippen molar-refractivity contribution in [2.75, 3.05) is 69.7 Å². The summed E-state index contributed by atoms with van der Waals surface area (Å²) < 4.78 is 28.4. The number of hydrogen-bond acceptors (Lipinski definition) is 7. The van der Waals surface area contributed by atoms with Crippen LogP contribution in [-0.4, -0.2) is 84.7 Å². The summed E-state index contributed by atoms with van der Waals surface area (Å²) in [5.41, 5.74) is 1.88. The summed E-state index contributed by atoms with van der Waals surface area (Å²) in [5.74, 6) is 0.718.